The number of sulfonamides is 1. The van der Waals surface area contributed by atoms with E-state index >= 15 is 0 Å². The van der Waals surface area contributed by atoms with E-state index in [1.807, 2.05) is 40.2 Å². The Morgan fingerprint density at radius 1 is 0.923 bits per heavy atom. The number of aryl methyl sites for hydroxylation is 1. The summed E-state index contributed by atoms with van der Waals surface area (Å²) in [4.78, 5) is 0.279. The molecule has 0 spiro atoms. The first-order chi connectivity index (χ1) is 12.1. The first-order valence-electron chi connectivity index (χ1n) is 9.19. The predicted molar refractivity (Wildman–Crippen MR) is 108 cm³/mol. The Balaban J connectivity index is 2.16. The van der Waals surface area contributed by atoms with Crippen molar-refractivity contribution in [2.45, 2.75) is 38.0 Å². The van der Waals surface area contributed by atoms with Crippen LogP contribution in [0.1, 0.15) is 31.7 Å². The van der Waals surface area contributed by atoms with Gasteiger partial charge < -0.3 is 0 Å². The number of rotatable bonds is 2. The van der Waals surface area contributed by atoms with Crippen LogP contribution in [0.3, 0.4) is 0 Å². The third-order valence-electron chi connectivity index (χ3n) is 6.03. The van der Waals surface area contributed by atoms with Crippen LogP contribution in [0.5, 0.6) is 0 Å². The van der Waals surface area contributed by atoms with Gasteiger partial charge in [-0.25, -0.2) is 14.0 Å². The average Bonchev–Trinajstić information content (AvgIpc) is 2.59. The highest BCUT2D eigenvalue weighted by Gasteiger charge is 2.43. The molecule has 3 saturated heterocycles. The fourth-order valence-electron chi connectivity index (χ4n) is 3.94. The van der Waals surface area contributed by atoms with Gasteiger partial charge in [0, 0.05) is 19.6 Å². The van der Waals surface area contributed by atoms with E-state index in [0.29, 0.717) is 5.41 Å². The SMILES string of the molecule is Cc1ccc(S(=O)(=O)N=P23N(C)CCC(C)(CCN2C)CCN3C)cc1. The first kappa shape index (κ1) is 20.0. The van der Waals surface area contributed by atoms with Crippen molar-refractivity contribution in [2.75, 3.05) is 40.8 Å². The van der Waals surface area contributed by atoms with E-state index in [9.17, 15) is 8.42 Å². The van der Waals surface area contributed by atoms with Crippen molar-refractivity contribution in [1.29, 1.82) is 0 Å². The van der Waals surface area contributed by atoms with Crippen molar-refractivity contribution >= 4 is 17.5 Å². The lowest BCUT2D eigenvalue weighted by Crippen LogP contribution is -2.46. The molecule has 3 aliphatic rings. The maximum absolute atomic E-state index is 13.2. The summed E-state index contributed by atoms with van der Waals surface area (Å²) in [5.41, 5.74) is 1.35. The standard InChI is InChI=1S/C18H31N4O2PS/c1-16-6-8-17(9-7-16)26(23,24)19-25-20(3)13-10-18(2,11-14-21(25)4)12-15-22(25)5/h6-9H,10-15H2,1-5H3. The Kier molecular flexibility index (Phi) is 5.41. The van der Waals surface area contributed by atoms with Crippen molar-refractivity contribution in [3.63, 3.8) is 0 Å². The van der Waals surface area contributed by atoms with Gasteiger partial charge in [-0.2, -0.15) is 8.42 Å². The van der Waals surface area contributed by atoms with Crippen molar-refractivity contribution in [1.82, 2.24) is 14.0 Å². The highest BCUT2D eigenvalue weighted by Crippen LogP contribution is 2.62. The molecule has 8 heteroatoms. The smallest absolute Gasteiger partial charge is 0.248 e. The summed E-state index contributed by atoms with van der Waals surface area (Å²) in [6, 6.07) is 6.99. The van der Waals surface area contributed by atoms with Crippen molar-refractivity contribution in [3.8, 4) is 0 Å². The van der Waals surface area contributed by atoms with Crippen molar-refractivity contribution < 1.29 is 8.42 Å². The van der Waals surface area contributed by atoms with E-state index in [0.717, 1.165) is 44.5 Å². The molecule has 3 heterocycles. The van der Waals surface area contributed by atoms with Gasteiger partial charge in [-0.1, -0.05) is 24.6 Å². The zero-order chi connectivity index (χ0) is 19.2. The minimum Gasteiger partial charge on any atom is -0.248 e. The van der Waals surface area contributed by atoms with Gasteiger partial charge in [-0.05, 0) is 64.9 Å². The molecule has 0 radical (unpaired) electrons. The normalized spacial score (nSPS) is 32.0. The molecule has 1 aromatic carbocycles. The average molecular weight is 399 g/mol. The van der Waals surface area contributed by atoms with Gasteiger partial charge in [0.2, 0.25) is 0 Å². The van der Waals surface area contributed by atoms with Crippen LogP contribution in [-0.4, -0.2) is 63.2 Å². The summed E-state index contributed by atoms with van der Waals surface area (Å²) < 4.78 is 37.6. The third-order valence-corrected chi connectivity index (χ3v) is 12.0. The maximum atomic E-state index is 13.2. The molecule has 0 amide bonds. The van der Waals surface area contributed by atoms with E-state index in [1.165, 1.54) is 0 Å². The summed E-state index contributed by atoms with van der Waals surface area (Å²) in [6.07, 6.45) is 3.27. The minimum absolute atomic E-state index is 0.279. The van der Waals surface area contributed by atoms with Crippen LogP contribution in [0.25, 0.3) is 0 Å². The zero-order valence-corrected chi connectivity index (χ0v) is 18.2. The number of hydrogen-bond donors (Lipinski definition) is 0. The molecule has 0 saturated carbocycles. The summed E-state index contributed by atoms with van der Waals surface area (Å²) in [6.45, 7) is 6.91. The molecular weight excluding hydrogens is 367 g/mol. The second-order valence-electron chi connectivity index (χ2n) is 8.11. The molecule has 0 aromatic heterocycles. The molecule has 26 heavy (non-hydrogen) atoms. The topological polar surface area (TPSA) is 56.2 Å². The fraction of sp³-hybridized carbons (Fsp3) is 0.667. The summed E-state index contributed by atoms with van der Waals surface area (Å²) in [7, 11) is -0.120. The molecule has 2 bridgehead atoms. The molecule has 4 rings (SSSR count). The van der Waals surface area contributed by atoms with Crippen LogP contribution >= 0.6 is 7.51 Å². The largest absolute Gasteiger partial charge is 0.284 e. The molecule has 0 aliphatic carbocycles. The molecule has 146 valence electrons. The highest BCUT2D eigenvalue weighted by molar-refractivity contribution is 7.93. The highest BCUT2D eigenvalue weighted by atomic mass is 32.2. The van der Waals surface area contributed by atoms with Crippen LogP contribution < -0.4 is 0 Å². The number of fused-ring (bicyclic) bond motifs is 6. The van der Waals surface area contributed by atoms with Gasteiger partial charge in [0.05, 0.1) is 4.90 Å². The van der Waals surface area contributed by atoms with Gasteiger partial charge in [0.1, 0.15) is 0 Å². The molecule has 0 atom stereocenters. The van der Waals surface area contributed by atoms with E-state index in [4.69, 9.17) is 0 Å². The summed E-state index contributed by atoms with van der Waals surface area (Å²) >= 11 is 0. The van der Waals surface area contributed by atoms with Gasteiger partial charge in [0.25, 0.3) is 10.0 Å². The summed E-state index contributed by atoms with van der Waals surface area (Å²) in [5, 5.41) is 0. The number of benzene rings is 1. The number of hydrogen-bond acceptors (Lipinski definition) is 2. The molecule has 3 fully saturated rings. The molecule has 6 nitrogen and oxygen atoms in total. The number of nitrogens with zero attached hydrogens (tertiary/aromatic N) is 4. The molecule has 0 unspecified atom stereocenters. The van der Waals surface area contributed by atoms with Crippen LogP contribution in [0, 0.1) is 12.3 Å². The van der Waals surface area contributed by atoms with E-state index < -0.39 is 17.5 Å². The fourth-order valence-corrected chi connectivity index (χ4v) is 10.1. The zero-order valence-electron chi connectivity index (χ0n) is 16.5. The van der Waals surface area contributed by atoms with E-state index in [-0.39, 0.29) is 4.90 Å². The van der Waals surface area contributed by atoms with E-state index in [2.05, 4.69) is 25.1 Å². The van der Waals surface area contributed by atoms with Gasteiger partial charge >= 0.3 is 0 Å². The van der Waals surface area contributed by atoms with Gasteiger partial charge in [-0.3, -0.25) is 0 Å². The molecule has 1 aromatic rings. The predicted octanol–water partition coefficient (Wildman–Crippen LogP) is 3.63. The van der Waals surface area contributed by atoms with E-state index in [1.54, 1.807) is 12.1 Å². The first-order valence-corrected chi connectivity index (χ1v) is 12.2. The lowest BCUT2D eigenvalue weighted by atomic mass is 9.80. The molecule has 3 aliphatic heterocycles. The maximum Gasteiger partial charge on any atom is 0.284 e. The second-order valence-corrected chi connectivity index (χ2v) is 13.3. The molecule has 0 N–H and O–H groups in total. The van der Waals surface area contributed by atoms with Crippen LogP contribution in [0.4, 0.5) is 0 Å². The third kappa shape index (κ3) is 3.52. The van der Waals surface area contributed by atoms with Crippen LogP contribution in [-0.2, 0) is 10.0 Å². The molecular formula is C18H31N4O2PS. The minimum atomic E-state index is -3.73. The Morgan fingerprint density at radius 3 is 1.77 bits per heavy atom. The quantitative estimate of drug-likeness (QED) is 0.712. The lowest BCUT2D eigenvalue weighted by Gasteiger charge is -2.52. The van der Waals surface area contributed by atoms with Crippen molar-refractivity contribution in [3.05, 3.63) is 29.8 Å². The Labute approximate surface area is 158 Å². The lowest BCUT2D eigenvalue weighted by molar-refractivity contribution is 0.161. The van der Waals surface area contributed by atoms with Crippen LogP contribution in [0.15, 0.2) is 33.3 Å². The van der Waals surface area contributed by atoms with Gasteiger partial charge in [0.15, 0.2) is 7.51 Å². The Morgan fingerprint density at radius 2 is 1.35 bits per heavy atom. The Hall–Kier alpha value is -0.720. The van der Waals surface area contributed by atoms with Gasteiger partial charge in [-0.15, -0.1) is 4.15 Å². The van der Waals surface area contributed by atoms with Crippen molar-refractivity contribution in [2.24, 2.45) is 9.57 Å². The second kappa shape index (κ2) is 7.02. The summed E-state index contributed by atoms with van der Waals surface area (Å²) in [5.74, 6) is 0. The monoisotopic (exact) mass is 398 g/mol. The Bertz CT molecular complexity index is 777. The van der Waals surface area contributed by atoms with Crippen LogP contribution in [0.2, 0.25) is 0 Å².